The highest BCUT2D eigenvalue weighted by atomic mass is 32.2. The molecule has 0 aliphatic rings. The van der Waals surface area contributed by atoms with Gasteiger partial charge in [0.1, 0.15) is 0 Å². The molecular formula is C9H16N2O2S2. The van der Waals surface area contributed by atoms with Crippen molar-refractivity contribution in [3.8, 4) is 0 Å². The molecule has 4 nitrogen and oxygen atoms in total. The Morgan fingerprint density at radius 1 is 1.60 bits per heavy atom. The average Bonchev–Trinajstić information content (AvgIpc) is 2.64. The number of hydrazine groups is 1. The van der Waals surface area contributed by atoms with Crippen LogP contribution in [-0.4, -0.2) is 26.0 Å². The number of hydrogen-bond donors (Lipinski definition) is 2. The molecule has 0 radical (unpaired) electrons. The van der Waals surface area contributed by atoms with Crippen molar-refractivity contribution in [1.82, 2.24) is 5.43 Å². The van der Waals surface area contributed by atoms with Gasteiger partial charge in [-0.25, -0.2) is 8.42 Å². The second kappa shape index (κ2) is 5.07. The third kappa shape index (κ3) is 3.57. The second-order valence-corrected chi connectivity index (χ2v) is 7.03. The van der Waals surface area contributed by atoms with Gasteiger partial charge in [0.05, 0.1) is 5.25 Å². The van der Waals surface area contributed by atoms with Crippen molar-refractivity contribution in [2.24, 2.45) is 5.84 Å². The van der Waals surface area contributed by atoms with Gasteiger partial charge in [0.15, 0.2) is 9.84 Å². The largest absolute Gasteiger partial charge is 0.271 e. The van der Waals surface area contributed by atoms with Crippen molar-refractivity contribution in [1.29, 1.82) is 0 Å². The van der Waals surface area contributed by atoms with Gasteiger partial charge >= 0.3 is 0 Å². The quantitative estimate of drug-likeness (QED) is 0.590. The number of nitrogens with two attached hydrogens (primary N) is 1. The van der Waals surface area contributed by atoms with Crippen molar-refractivity contribution in [3.05, 3.63) is 22.4 Å². The van der Waals surface area contributed by atoms with E-state index in [4.69, 9.17) is 5.84 Å². The summed E-state index contributed by atoms with van der Waals surface area (Å²) in [6.07, 6.45) is 1.87. The molecule has 0 spiro atoms. The molecule has 1 rings (SSSR count). The standard InChI is InChI=1S/C9H16N2O2S2/c1-7(15(2,12)13)9(11-10)6-8-4-3-5-14-8/h3-5,7,9,11H,6,10H2,1-2H3. The van der Waals surface area contributed by atoms with Gasteiger partial charge in [0.2, 0.25) is 0 Å². The van der Waals surface area contributed by atoms with Gasteiger partial charge in [0.25, 0.3) is 0 Å². The van der Waals surface area contributed by atoms with Crippen LogP contribution in [0.4, 0.5) is 0 Å². The first-order valence-corrected chi connectivity index (χ1v) is 7.46. The van der Waals surface area contributed by atoms with Gasteiger partial charge < -0.3 is 0 Å². The van der Waals surface area contributed by atoms with Crippen molar-refractivity contribution in [2.45, 2.75) is 24.6 Å². The number of sulfone groups is 1. The molecule has 1 aromatic heterocycles. The zero-order valence-electron chi connectivity index (χ0n) is 8.80. The fourth-order valence-corrected chi connectivity index (χ4v) is 2.84. The summed E-state index contributed by atoms with van der Waals surface area (Å²) in [5.74, 6) is 5.38. The normalized spacial score (nSPS) is 16.2. The van der Waals surface area contributed by atoms with Crippen LogP contribution in [0.2, 0.25) is 0 Å². The SMILES string of the molecule is CC(C(Cc1cccs1)NN)S(C)(=O)=O. The van der Waals surface area contributed by atoms with Crippen LogP contribution in [0.25, 0.3) is 0 Å². The lowest BCUT2D eigenvalue weighted by molar-refractivity contribution is 0.496. The first-order valence-electron chi connectivity index (χ1n) is 4.62. The average molecular weight is 248 g/mol. The Labute approximate surface area is 94.4 Å². The molecule has 0 saturated heterocycles. The van der Waals surface area contributed by atoms with Crippen LogP contribution in [0.15, 0.2) is 17.5 Å². The van der Waals surface area contributed by atoms with Gasteiger partial charge in [-0.15, -0.1) is 11.3 Å². The van der Waals surface area contributed by atoms with Crippen LogP contribution >= 0.6 is 11.3 Å². The molecule has 0 aliphatic carbocycles. The van der Waals surface area contributed by atoms with Crippen molar-refractivity contribution in [2.75, 3.05) is 6.26 Å². The second-order valence-electron chi connectivity index (χ2n) is 3.59. The smallest absolute Gasteiger partial charge is 0.151 e. The molecule has 86 valence electrons. The van der Waals surface area contributed by atoms with Crippen LogP contribution in [0, 0.1) is 0 Å². The van der Waals surface area contributed by atoms with Crippen molar-refractivity contribution >= 4 is 21.2 Å². The monoisotopic (exact) mass is 248 g/mol. The molecule has 15 heavy (non-hydrogen) atoms. The molecule has 0 amide bonds. The molecule has 2 unspecified atom stereocenters. The maximum Gasteiger partial charge on any atom is 0.151 e. The zero-order valence-corrected chi connectivity index (χ0v) is 10.4. The molecule has 0 bridgehead atoms. The third-order valence-electron chi connectivity index (χ3n) is 2.46. The van der Waals surface area contributed by atoms with Gasteiger partial charge in [0, 0.05) is 17.2 Å². The number of rotatable bonds is 5. The first-order chi connectivity index (χ1) is 6.95. The summed E-state index contributed by atoms with van der Waals surface area (Å²) < 4.78 is 22.7. The van der Waals surface area contributed by atoms with Gasteiger partial charge in [-0.3, -0.25) is 11.3 Å². The highest BCUT2D eigenvalue weighted by molar-refractivity contribution is 7.91. The van der Waals surface area contributed by atoms with Crippen LogP contribution < -0.4 is 11.3 Å². The molecule has 0 aromatic carbocycles. The zero-order chi connectivity index (χ0) is 11.5. The molecule has 1 aromatic rings. The summed E-state index contributed by atoms with van der Waals surface area (Å²) >= 11 is 1.60. The molecule has 0 saturated carbocycles. The fraction of sp³-hybridized carbons (Fsp3) is 0.556. The van der Waals surface area contributed by atoms with Gasteiger partial charge in [-0.05, 0) is 24.8 Å². The highest BCUT2D eigenvalue weighted by Gasteiger charge is 2.25. The van der Waals surface area contributed by atoms with E-state index >= 15 is 0 Å². The summed E-state index contributed by atoms with van der Waals surface area (Å²) in [4.78, 5) is 1.13. The predicted molar refractivity (Wildman–Crippen MR) is 63.4 cm³/mol. The first kappa shape index (κ1) is 12.6. The fourth-order valence-electron chi connectivity index (χ4n) is 1.30. The van der Waals surface area contributed by atoms with E-state index in [9.17, 15) is 8.42 Å². The third-order valence-corrected chi connectivity index (χ3v) is 5.04. The predicted octanol–water partition coefficient (Wildman–Crippen LogP) is 0.556. The minimum atomic E-state index is -3.06. The van der Waals surface area contributed by atoms with E-state index in [-0.39, 0.29) is 6.04 Å². The lowest BCUT2D eigenvalue weighted by Crippen LogP contribution is -2.47. The van der Waals surface area contributed by atoms with E-state index in [1.165, 1.54) is 6.26 Å². The topological polar surface area (TPSA) is 72.2 Å². The Morgan fingerprint density at radius 2 is 2.27 bits per heavy atom. The van der Waals surface area contributed by atoms with E-state index in [1.54, 1.807) is 18.3 Å². The molecule has 0 aliphatic heterocycles. The maximum atomic E-state index is 11.4. The summed E-state index contributed by atoms with van der Waals surface area (Å²) in [7, 11) is -3.06. The lowest BCUT2D eigenvalue weighted by atomic mass is 10.1. The molecule has 0 fully saturated rings. The number of hydrogen-bond acceptors (Lipinski definition) is 5. The van der Waals surface area contributed by atoms with E-state index in [0.717, 1.165) is 4.88 Å². The van der Waals surface area contributed by atoms with E-state index < -0.39 is 15.1 Å². The minimum Gasteiger partial charge on any atom is -0.271 e. The lowest BCUT2D eigenvalue weighted by Gasteiger charge is -2.21. The van der Waals surface area contributed by atoms with Crippen molar-refractivity contribution < 1.29 is 8.42 Å². The Bertz CT molecular complexity index is 386. The van der Waals surface area contributed by atoms with Gasteiger partial charge in [-0.2, -0.15) is 0 Å². The maximum absolute atomic E-state index is 11.4. The Kier molecular flexibility index (Phi) is 4.27. The van der Waals surface area contributed by atoms with Crippen molar-refractivity contribution in [3.63, 3.8) is 0 Å². The van der Waals surface area contributed by atoms with E-state index in [0.29, 0.717) is 6.42 Å². The molecule has 3 N–H and O–H groups in total. The van der Waals surface area contributed by atoms with E-state index in [2.05, 4.69) is 5.43 Å². The van der Waals surface area contributed by atoms with E-state index in [1.807, 2.05) is 17.5 Å². The van der Waals surface area contributed by atoms with Crippen LogP contribution in [0.5, 0.6) is 0 Å². The molecule has 6 heteroatoms. The van der Waals surface area contributed by atoms with Crippen LogP contribution in [0.1, 0.15) is 11.8 Å². The van der Waals surface area contributed by atoms with Crippen LogP contribution in [0.3, 0.4) is 0 Å². The summed E-state index contributed by atoms with van der Waals surface area (Å²) in [5, 5.41) is 1.48. The Hall–Kier alpha value is -0.430. The summed E-state index contributed by atoms with van der Waals surface area (Å²) in [5.41, 5.74) is 2.57. The molecular weight excluding hydrogens is 232 g/mol. The molecule has 2 atom stereocenters. The summed E-state index contributed by atoms with van der Waals surface area (Å²) in [6, 6.07) is 3.68. The summed E-state index contributed by atoms with van der Waals surface area (Å²) in [6.45, 7) is 1.67. The Balaban J connectivity index is 2.73. The number of thiophene rings is 1. The van der Waals surface area contributed by atoms with Crippen LogP contribution in [-0.2, 0) is 16.3 Å². The molecule has 1 heterocycles. The number of nitrogens with one attached hydrogen (secondary N) is 1. The van der Waals surface area contributed by atoms with Gasteiger partial charge in [-0.1, -0.05) is 6.07 Å². The highest BCUT2D eigenvalue weighted by Crippen LogP contribution is 2.15. The minimum absolute atomic E-state index is 0.237. The Morgan fingerprint density at radius 3 is 2.67 bits per heavy atom.